The number of nitriles is 1. The van der Waals surface area contributed by atoms with Gasteiger partial charge in [-0.1, -0.05) is 0 Å². The van der Waals surface area contributed by atoms with Gasteiger partial charge in [0.1, 0.15) is 17.7 Å². The molecule has 0 bridgehead atoms. The molecule has 128 valence electrons. The van der Waals surface area contributed by atoms with E-state index in [1.54, 1.807) is 12.1 Å². The minimum absolute atomic E-state index is 0.113. The molecule has 0 radical (unpaired) electrons. The molecule has 0 saturated carbocycles. The number of nitrogens with zero attached hydrogens (tertiary/aromatic N) is 5. The van der Waals surface area contributed by atoms with Crippen molar-refractivity contribution in [3.05, 3.63) is 50.6 Å². The lowest BCUT2D eigenvalue weighted by Crippen LogP contribution is -2.40. The van der Waals surface area contributed by atoms with E-state index in [-0.39, 0.29) is 11.4 Å². The van der Waals surface area contributed by atoms with E-state index in [4.69, 9.17) is 4.42 Å². The first-order valence-corrected chi connectivity index (χ1v) is 7.42. The molecular formula is C15H15N7O3. The van der Waals surface area contributed by atoms with Crippen LogP contribution in [0.1, 0.15) is 11.4 Å². The van der Waals surface area contributed by atoms with Gasteiger partial charge in [0.2, 0.25) is 5.82 Å². The summed E-state index contributed by atoms with van der Waals surface area (Å²) in [6.07, 6.45) is 1.98. The molecule has 0 saturated heterocycles. The van der Waals surface area contributed by atoms with E-state index in [2.05, 4.69) is 20.5 Å². The summed E-state index contributed by atoms with van der Waals surface area (Å²) in [5.41, 5.74) is -1.25. The fraction of sp³-hybridized carbons (Fsp3) is 0.267. The molecule has 0 fully saturated rings. The van der Waals surface area contributed by atoms with Crippen LogP contribution in [0.15, 0.2) is 32.4 Å². The maximum absolute atomic E-state index is 12.0. The lowest BCUT2D eigenvalue weighted by Gasteiger charge is -2.12. The van der Waals surface area contributed by atoms with E-state index in [1.165, 1.54) is 24.9 Å². The van der Waals surface area contributed by atoms with Crippen LogP contribution in [0.25, 0.3) is 11.6 Å². The molecule has 0 aliphatic heterocycles. The zero-order valence-electron chi connectivity index (χ0n) is 13.6. The van der Waals surface area contributed by atoms with Crippen molar-refractivity contribution in [2.24, 2.45) is 14.1 Å². The summed E-state index contributed by atoms with van der Waals surface area (Å²) in [6, 6.07) is 5.33. The smallest absolute Gasteiger partial charge is 0.332 e. The number of anilines is 1. The standard InChI is InChI=1S/C15H15N7O3/c1-21-13(9(8-16)14(23)22(2)15(21)24)17-6-5-11-18-12(20-19-11)10-4-3-7-25-10/h3-4,7,17H,5-6H2,1-2H3,(H,18,19,20). The number of furan rings is 1. The van der Waals surface area contributed by atoms with Crippen molar-refractivity contribution in [1.29, 1.82) is 5.26 Å². The van der Waals surface area contributed by atoms with Gasteiger partial charge in [-0.15, -0.1) is 0 Å². The first-order chi connectivity index (χ1) is 12.0. The second-order valence-electron chi connectivity index (χ2n) is 5.30. The highest BCUT2D eigenvalue weighted by molar-refractivity contribution is 5.51. The largest absolute Gasteiger partial charge is 0.461 e. The summed E-state index contributed by atoms with van der Waals surface area (Å²) in [5, 5.41) is 19.0. The predicted octanol–water partition coefficient (Wildman–Crippen LogP) is -0.0116. The van der Waals surface area contributed by atoms with Gasteiger partial charge in [0.05, 0.1) is 6.26 Å². The van der Waals surface area contributed by atoms with Gasteiger partial charge < -0.3 is 9.73 Å². The van der Waals surface area contributed by atoms with Crippen molar-refractivity contribution in [3.8, 4) is 17.7 Å². The van der Waals surface area contributed by atoms with Crippen LogP contribution in [-0.2, 0) is 20.5 Å². The van der Waals surface area contributed by atoms with Crippen LogP contribution in [0.3, 0.4) is 0 Å². The van der Waals surface area contributed by atoms with E-state index in [0.717, 1.165) is 4.57 Å². The molecule has 0 aromatic carbocycles. The Kier molecular flexibility index (Phi) is 4.21. The number of hydrogen-bond donors (Lipinski definition) is 2. The van der Waals surface area contributed by atoms with Crippen molar-refractivity contribution in [1.82, 2.24) is 24.3 Å². The second-order valence-corrected chi connectivity index (χ2v) is 5.30. The molecule has 25 heavy (non-hydrogen) atoms. The fourth-order valence-corrected chi connectivity index (χ4v) is 2.37. The number of aromatic amines is 1. The van der Waals surface area contributed by atoms with Crippen LogP contribution in [0.5, 0.6) is 0 Å². The molecule has 2 N–H and O–H groups in total. The SMILES string of the molecule is Cn1c(NCCc2nc(-c3ccco3)n[nH]2)c(C#N)c(=O)n(C)c1=O. The van der Waals surface area contributed by atoms with Crippen LogP contribution in [0.2, 0.25) is 0 Å². The Bertz CT molecular complexity index is 1050. The van der Waals surface area contributed by atoms with Gasteiger partial charge in [-0.05, 0) is 12.1 Å². The Morgan fingerprint density at radius 1 is 1.36 bits per heavy atom. The summed E-state index contributed by atoms with van der Waals surface area (Å²) in [7, 11) is 2.83. The Labute approximate surface area is 141 Å². The van der Waals surface area contributed by atoms with Gasteiger partial charge in [0, 0.05) is 27.1 Å². The average Bonchev–Trinajstić information content (AvgIpc) is 3.29. The molecule has 0 unspecified atom stereocenters. The van der Waals surface area contributed by atoms with Gasteiger partial charge in [-0.25, -0.2) is 9.78 Å². The number of hydrogen-bond acceptors (Lipinski definition) is 7. The molecule has 3 aromatic heterocycles. The van der Waals surface area contributed by atoms with Gasteiger partial charge in [0.15, 0.2) is 11.3 Å². The lowest BCUT2D eigenvalue weighted by molar-refractivity contribution is 0.577. The zero-order chi connectivity index (χ0) is 18.0. The lowest BCUT2D eigenvalue weighted by atomic mass is 10.3. The monoisotopic (exact) mass is 341 g/mol. The summed E-state index contributed by atoms with van der Waals surface area (Å²) < 4.78 is 7.35. The molecule has 10 heteroatoms. The van der Waals surface area contributed by atoms with E-state index >= 15 is 0 Å². The fourth-order valence-electron chi connectivity index (χ4n) is 2.37. The predicted molar refractivity (Wildman–Crippen MR) is 87.9 cm³/mol. The molecule has 10 nitrogen and oxygen atoms in total. The highest BCUT2D eigenvalue weighted by Crippen LogP contribution is 2.14. The molecule has 0 spiro atoms. The number of H-pyrrole nitrogens is 1. The number of nitrogens with one attached hydrogen (secondary N) is 2. The van der Waals surface area contributed by atoms with Crippen LogP contribution in [-0.4, -0.2) is 30.9 Å². The number of rotatable bonds is 5. The third kappa shape index (κ3) is 2.94. The normalized spacial score (nSPS) is 10.6. The maximum Gasteiger partial charge on any atom is 0.332 e. The minimum Gasteiger partial charge on any atom is -0.461 e. The van der Waals surface area contributed by atoms with Crippen molar-refractivity contribution in [2.45, 2.75) is 6.42 Å². The third-order valence-electron chi connectivity index (χ3n) is 3.70. The molecule has 3 aromatic rings. The van der Waals surface area contributed by atoms with Crippen LogP contribution in [0.4, 0.5) is 5.82 Å². The van der Waals surface area contributed by atoms with Crippen molar-refractivity contribution in [2.75, 3.05) is 11.9 Å². The first-order valence-electron chi connectivity index (χ1n) is 7.42. The summed E-state index contributed by atoms with van der Waals surface area (Å²) in [6.45, 7) is 0.349. The quantitative estimate of drug-likeness (QED) is 0.666. The van der Waals surface area contributed by atoms with Crippen LogP contribution < -0.4 is 16.6 Å². The van der Waals surface area contributed by atoms with Gasteiger partial charge in [0.25, 0.3) is 5.56 Å². The summed E-state index contributed by atoms with van der Waals surface area (Å²) in [4.78, 5) is 28.3. The molecule has 0 amide bonds. The minimum atomic E-state index is -0.632. The highest BCUT2D eigenvalue weighted by Gasteiger charge is 2.15. The van der Waals surface area contributed by atoms with Crippen molar-refractivity contribution >= 4 is 5.82 Å². The number of aromatic nitrogens is 5. The Hall–Kier alpha value is -3.61. The molecular weight excluding hydrogens is 326 g/mol. The second kappa shape index (κ2) is 6.48. The molecule has 3 heterocycles. The molecule has 0 atom stereocenters. The van der Waals surface area contributed by atoms with Gasteiger partial charge in [-0.3, -0.25) is 19.0 Å². The maximum atomic E-state index is 12.0. The van der Waals surface area contributed by atoms with Gasteiger partial charge in [-0.2, -0.15) is 10.4 Å². The average molecular weight is 341 g/mol. The topological polar surface area (TPSA) is 135 Å². The van der Waals surface area contributed by atoms with E-state index in [0.29, 0.717) is 30.4 Å². The van der Waals surface area contributed by atoms with Crippen molar-refractivity contribution in [3.63, 3.8) is 0 Å². The van der Waals surface area contributed by atoms with Crippen LogP contribution in [0, 0.1) is 11.3 Å². The Balaban J connectivity index is 1.76. The summed E-state index contributed by atoms with van der Waals surface area (Å²) in [5.74, 6) is 1.78. The van der Waals surface area contributed by atoms with Crippen LogP contribution >= 0.6 is 0 Å². The molecule has 0 aliphatic rings. The third-order valence-corrected chi connectivity index (χ3v) is 3.70. The van der Waals surface area contributed by atoms with Gasteiger partial charge >= 0.3 is 5.69 Å². The van der Waals surface area contributed by atoms with E-state index < -0.39 is 11.2 Å². The van der Waals surface area contributed by atoms with E-state index in [1.807, 2.05) is 6.07 Å². The molecule has 3 rings (SSSR count). The van der Waals surface area contributed by atoms with Crippen molar-refractivity contribution < 1.29 is 4.42 Å². The van der Waals surface area contributed by atoms with E-state index in [9.17, 15) is 14.9 Å². The zero-order valence-corrected chi connectivity index (χ0v) is 13.6. The highest BCUT2D eigenvalue weighted by atomic mass is 16.3. The molecule has 0 aliphatic carbocycles. The summed E-state index contributed by atoms with van der Waals surface area (Å²) >= 11 is 0. The Morgan fingerprint density at radius 2 is 2.16 bits per heavy atom. The first kappa shape index (κ1) is 16.3. The Morgan fingerprint density at radius 3 is 2.84 bits per heavy atom.